The molecule has 3 heterocycles. The Kier molecular flexibility index (Phi) is 3.06. The fourth-order valence-electron chi connectivity index (χ4n) is 3.19. The highest BCUT2D eigenvalue weighted by Crippen LogP contribution is 2.29. The van der Waals surface area contributed by atoms with Crippen LogP contribution < -0.4 is 4.90 Å². The van der Waals surface area contributed by atoms with Gasteiger partial charge in [-0.2, -0.15) is 0 Å². The molecule has 0 N–H and O–H groups in total. The maximum Gasteiger partial charge on any atom is 0.152 e. The van der Waals surface area contributed by atoms with Crippen molar-refractivity contribution in [3.05, 3.63) is 48.3 Å². The second-order valence-corrected chi connectivity index (χ2v) is 6.08. The third-order valence-electron chi connectivity index (χ3n) is 4.30. The Morgan fingerprint density at radius 2 is 2.00 bits per heavy atom. The maximum absolute atomic E-state index is 4.39. The molecule has 0 fully saturated rings. The van der Waals surface area contributed by atoms with Crippen LogP contribution in [0.3, 0.4) is 0 Å². The van der Waals surface area contributed by atoms with Crippen molar-refractivity contribution >= 4 is 16.5 Å². The van der Waals surface area contributed by atoms with Gasteiger partial charge >= 0.3 is 0 Å². The van der Waals surface area contributed by atoms with Crippen molar-refractivity contribution in [3.8, 4) is 0 Å². The minimum absolute atomic E-state index is 0.413. The highest BCUT2D eigenvalue weighted by Gasteiger charge is 2.23. The summed E-state index contributed by atoms with van der Waals surface area (Å²) in [4.78, 5) is 6.60. The van der Waals surface area contributed by atoms with Crippen molar-refractivity contribution < 1.29 is 0 Å². The molecule has 22 heavy (non-hydrogen) atoms. The molecule has 0 saturated heterocycles. The molecule has 0 radical (unpaired) electrons. The van der Waals surface area contributed by atoms with Crippen molar-refractivity contribution in [2.45, 2.75) is 32.9 Å². The van der Waals surface area contributed by atoms with Crippen molar-refractivity contribution in [1.82, 2.24) is 19.7 Å². The summed E-state index contributed by atoms with van der Waals surface area (Å²) in [5, 5.41) is 11.2. The number of anilines is 1. The van der Waals surface area contributed by atoms with E-state index in [-0.39, 0.29) is 0 Å². The molecule has 3 aromatic rings. The van der Waals surface area contributed by atoms with Gasteiger partial charge in [-0.05, 0) is 12.1 Å². The highest BCUT2D eigenvalue weighted by molar-refractivity contribution is 5.93. The van der Waals surface area contributed by atoms with Crippen LogP contribution >= 0.6 is 0 Å². The van der Waals surface area contributed by atoms with E-state index in [9.17, 15) is 0 Å². The van der Waals surface area contributed by atoms with Crippen LogP contribution in [0.15, 0.2) is 36.7 Å². The molecular formula is C17H19N5. The molecule has 1 aliphatic heterocycles. The molecule has 0 amide bonds. The van der Waals surface area contributed by atoms with Crippen LogP contribution in [0.5, 0.6) is 0 Å². The number of aromatic nitrogens is 4. The van der Waals surface area contributed by atoms with Gasteiger partial charge in [0, 0.05) is 47.9 Å². The average Bonchev–Trinajstić information content (AvgIpc) is 2.97. The van der Waals surface area contributed by atoms with E-state index in [1.54, 1.807) is 0 Å². The first-order valence-corrected chi connectivity index (χ1v) is 7.73. The van der Waals surface area contributed by atoms with Crippen molar-refractivity contribution in [3.63, 3.8) is 0 Å². The fraction of sp³-hybridized carbons (Fsp3) is 0.353. The third-order valence-corrected chi connectivity index (χ3v) is 4.30. The number of benzene rings is 1. The van der Waals surface area contributed by atoms with Crippen LogP contribution in [0.2, 0.25) is 0 Å². The van der Waals surface area contributed by atoms with Gasteiger partial charge in [0.05, 0.1) is 6.54 Å². The molecule has 1 aliphatic rings. The van der Waals surface area contributed by atoms with E-state index < -0.39 is 0 Å². The van der Waals surface area contributed by atoms with E-state index in [2.05, 4.69) is 62.8 Å². The fourth-order valence-corrected chi connectivity index (χ4v) is 3.19. The summed E-state index contributed by atoms with van der Waals surface area (Å²) in [6.45, 7) is 7.06. The molecule has 0 saturated carbocycles. The molecule has 112 valence electrons. The predicted molar refractivity (Wildman–Crippen MR) is 86.9 cm³/mol. The summed E-state index contributed by atoms with van der Waals surface area (Å²) in [6.07, 6.45) is 3.78. The molecule has 5 nitrogen and oxygen atoms in total. The first-order valence-electron chi connectivity index (χ1n) is 7.73. The van der Waals surface area contributed by atoms with Gasteiger partial charge < -0.3 is 9.47 Å². The second kappa shape index (κ2) is 5.09. The SMILES string of the molecule is CC(C)c1nnc2n1CCN(c1cccc3cnccc13)C2. The van der Waals surface area contributed by atoms with Crippen molar-refractivity contribution in [2.75, 3.05) is 11.4 Å². The van der Waals surface area contributed by atoms with Gasteiger partial charge in [-0.3, -0.25) is 4.98 Å². The molecule has 0 spiro atoms. The van der Waals surface area contributed by atoms with E-state index in [1.807, 2.05) is 12.4 Å². The van der Waals surface area contributed by atoms with E-state index in [0.717, 1.165) is 31.3 Å². The van der Waals surface area contributed by atoms with Gasteiger partial charge in [-0.1, -0.05) is 26.0 Å². The minimum atomic E-state index is 0.413. The topological polar surface area (TPSA) is 46.8 Å². The van der Waals surface area contributed by atoms with Crippen LogP contribution in [-0.2, 0) is 13.1 Å². The quantitative estimate of drug-likeness (QED) is 0.729. The molecule has 5 heteroatoms. The lowest BCUT2D eigenvalue weighted by Crippen LogP contribution is -2.34. The average molecular weight is 293 g/mol. The summed E-state index contributed by atoms with van der Waals surface area (Å²) < 4.78 is 2.27. The zero-order valence-corrected chi connectivity index (χ0v) is 12.9. The first kappa shape index (κ1) is 13.2. The number of nitrogens with zero attached hydrogens (tertiary/aromatic N) is 5. The van der Waals surface area contributed by atoms with Gasteiger partial charge in [0.2, 0.25) is 0 Å². The molecule has 0 aliphatic carbocycles. The van der Waals surface area contributed by atoms with Crippen molar-refractivity contribution in [1.29, 1.82) is 0 Å². The second-order valence-electron chi connectivity index (χ2n) is 6.08. The van der Waals surface area contributed by atoms with Crippen LogP contribution in [0.1, 0.15) is 31.4 Å². The predicted octanol–water partition coefficient (Wildman–Crippen LogP) is 2.97. The Labute approximate surface area is 129 Å². The van der Waals surface area contributed by atoms with Crippen LogP contribution in [0, 0.1) is 0 Å². The number of pyridine rings is 1. The van der Waals surface area contributed by atoms with Crippen LogP contribution in [-0.4, -0.2) is 26.3 Å². The summed E-state index contributed by atoms with van der Waals surface area (Å²) in [5.41, 5.74) is 1.25. The zero-order chi connectivity index (χ0) is 15.1. The Balaban J connectivity index is 1.72. The van der Waals surface area contributed by atoms with E-state index in [1.165, 1.54) is 16.5 Å². The van der Waals surface area contributed by atoms with Crippen LogP contribution in [0.4, 0.5) is 5.69 Å². The summed E-state index contributed by atoms with van der Waals surface area (Å²) in [6, 6.07) is 8.47. The standard InChI is InChI=1S/C17H19N5/c1-12(2)17-20-19-16-11-21(8-9-22(16)17)15-5-3-4-13-10-18-7-6-14(13)15/h3-7,10,12H,8-9,11H2,1-2H3. The molecule has 0 unspecified atom stereocenters. The molecule has 1 aromatic carbocycles. The molecule has 0 bridgehead atoms. The monoisotopic (exact) mass is 293 g/mol. The van der Waals surface area contributed by atoms with Gasteiger partial charge in [-0.15, -0.1) is 10.2 Å². The maximum atomic E-state index is 4.39. The van der Waals surface area contributed by atoms with E-state index in [4.69, 9.17) is 0 Å². The van der Waals surface area contributed by atoms with Gasteiger partial charge in [0.25, 0.3) is 0 Å². The Morgan fingerprint density at radius 3 is 2.86 bits per heavy atom. The number of rotatable bonds is 2. The largest absolute Gasteiger partial charge is 0.362 e. The number of hydrogen-bond acceptors (Lipinski definition) is 4. The van der Waals surface area contributed by atoms with Gasteiger partial charge in [0.15, 0.2) is 5.82 Å². The lowest BCUT2D eigenvalue weighted by atomic mass is 10.1. The first-order chi connectivity index (χ1) is 10.7. The minimum Gasteiger partial charge on any atom is -0.362 e. The summed E-state index contributed by atoms with van der Waals surface area (Å²) >= 11 is 0. The number of hydrogen-bond donors (Lipinski definition) is 0. The Hall–Kier alpha value is -2.43. The van der Waals surface area contributed by atoms with Crippen LogP contribution in [0.25, 0.3) is 10.8 Å². The molecule has 2 aromatic heterocycles. The van der Waals surface area contributed by atoms with Gasteiger partial charge in [-0.25, -0.2) is 0 Å². The smallest absolute Gasteiger partial charge is 0.152 e. The summed E-state index contributed by atoms with van der Waals surface area (Å²) in [5.74, 6) is 2.56. The van der Waals surface area contributed by atoms with Gasteiger partial charge in [0.1, 0.15) is 5.82 Å². The third kappa shape index (κ3) is 2.04. The Bertz CT molecular complexity index is 816. The molecule has 4 rings (SSSR count). The summed E-state index contributed by atoms with van der Waals surface area (Å²) in [7, 11) is 0. The highest BCUT2D eigenvalue weighted by atomic mass is 15.3. The van der Waals surface area contributed by atoms with E-state index >= 15 is 0 Å². The molecule has 0 atom stereocenters. The lowest BCUT2D eigenvalue weighted by Gasteiger charge is -2.30. The normalized spacial score (nSPS) is 14.6. The Morgan fingerprint density at radius 1 is 1.09 bits per heavy atom. The number of fused-ring (bicyclic) bond motifs is 2. The van der Waals surface area contributed by atoms with Crippen molar-refractivity contribution in [2.24, 2.45) is 0 Å². The molecular weight excluding hydrogens is 274 g/mol. The zero-order valence-electron chi connectivity index (χ0n) is 12.9. The lowest BCUT2D eigenvalue weighted by molar-refractivity contribution is 0.533. The van der Waals surface area contributed by atoms with E-state index in [0.29, 0.717) is 5.92 Å².